The van der Waals surface area contributed by atoms with Crippen molar-refractivity contribution in [1.29, 1.82) is 0 Å². The molecule has 1 heterocycles. The fourth-order valence-electron chi connectivity index (χ4n) is 1.97. The second-order valence-corrected chi connectivity index (χ2v) is 4.96. The number of hydrogen-bond acceptors (Lipinski definition) is 3. The molecular weight excluding hydrogens is 232 g/mol. The molecule has 0 saturated carbocycles. The van der Waals surface area contributed by atoms with Crippen LogP contribution in [0, 0.1) is 5.41 Å². The lowest BCUT2D eigenvalue weighted by Gasteiger charge is -2.18. The average Bonchev–Trinajstić information content (AvgIpc) is 2.71. The molecule has 0 aliphatic heterocycles. The zero-order valence-corrected chi connectivity index (χ0v) is 10.7. The topological polar surface area (TPSA) is 59.7 Å². The van der Waals surface area contributed by atoms with E-state index in [4.69, 9.17) is 9.15 Å². The molecule has 0 amide bonds. The summed E-state index contributed by atoms with van der Waals surface area (Å²) >= 11 is 0. The minimum Gasteiger partial charge on any atom is -0.496 e. The number of fused-ring (bicyclic) bond motifs is 1. The molecule has 0 aliphatic rings. The number of ether oxygens (including phenoxy) is 1. The van der Waals surface area contributed by atoms with Crippen LogP contribution < -0.4 is 4.74 Å². The van der Waals surface area contributed by atoms with E-state index in [9.17, 15) is 9.90 Å². The van der Waals surface area contributed by atoms with Gasteiger partial charge in [-0.2, -0.15) is 0 Å². The van der Waals surface area contributed by atoms with E-state index in [2.05, 4.69) is 0 Å². The standard InChI is InChI=1S/C14H16O4/c1-14(2,13(15)16)7-9-8-18-11-6-4-5-10(17-3)12(9)11/h4-6,8H,7H2,1-3H3,(H,15,16). The molecule has 4 heteroatoms. The Kier molecular flexibility index (Phi) is 3.03. The number of hydrogen-bond donors (Lipinski definition) is 1. The molecule has 0 atom stereocenters. The Labute approximate surface area is 105 Å². The van der Waals surface area contributed by atoms with E-state index >= 15 is 0 Å². The first-order chi connectivity index (χ1) is 8.45. The highest BCUT2D eigenvalue weighted by Crippen LogP contribution is 2.34. The van der Waals surface area contributed by atoms with Crippen LogP contribution in [0.4, 0.5) is 0 Å². The molecule has 0 aliphatic carbocycles. The fraction of sp³-hybridized carbons (Fsp3) is 0.357. The monoisotopic (exact) mass is 248 g/mol. The molecule has 2 aromatic rings. The number of aliphatic carboxylic acids is 1. The first-order valence-corrected chi connectivity index (χ1v) is 5.72. The summed E-state index contributed by atoms with van der Waals surface area (Å²) < 4.78 is 10.7. The Hall–Kier alpha value is -1.97. The van der Waals surface area contributed by atoms with Gasteiger partial charge in [-0.1, -0.05) is 6.07 Å². The summed E-state index contributed by atoms with van der Waals surface area (Å²) in [6, 6.07) is 5.53. The van der Waals surface area contributed by atoms with Crippen molar-refractivity contribution in [3.8, 4) is 5.75 Å². The van der Waals surface area contributed by atoms with E-state index in [0.717, 1.165) is 10.9 Å². The van der Waals surface area contributed by atoms with Crippen LogP contribution >= 0.6 is 0 Å². The van der Waals surface area contributed by atoms with Crippen molar-refractivity contribution in [1.82, 2.24) is 0 Å². The van der Waals surface area contributed by atoms with Gasteiger partial charge in [0.05, 0.1) is 24.2 Å². The quantitative estimate of drug-likeness (QED) is 0.903. The highest BCUT2D eigenvalue weighted by molar-refractivity contribution is 5.88. The number of carboxylic acids is 1. The number of rotatable bonds is 4. The van der Waals surface area contributed by atoms with Gasteiger partial charge in [0.2, 0.25) is 0 Å². The average molecular weight is 248 g/mol. The van der Waals surface area contributed by atoms with Crippen molar-refractivity contribution in [2.75, 3.05) is 7.11 Å². The summed E-state index contributed by atoms with van der Waals surface area (Å²) in [6.45, 7) is 3.40. The van der Waals surface area contributed by atoms with Crippen LogP contribution in [0.5, 0.6) is 5.75 Å². The molecule has 18 heavy (non-hydrogen) atoms. The zero-order valence-electron chi connectivity index (χ0n) is 10.7. The van der Waals surface area contributed by atoms with E-state index in [1.807, 2.05) is 18.2 Å². The van der Waals surface area contributed by atoms with Crippen LogP contribution in [0.15, 0.2) is 28.9 Å². The molecule has 0 fully saturated rings. The highest BCUT2D eigenvalue weighted by Gasteiger charge is 2.29. The van der Waals surface area contributed by atoms with Gasteiger partial charge in [-0.3, -0.25) is 4.79 Å². The summed E-state index contributed by atoms with van der Waals surface area (Å²) in [4.78, 5) is 11.2. The van der Waals surface area contributed by atoms with Crippen molar-refractivity contribution in [2.45, 2.75) is 20.3 Å². The van der Waals surface area contributed by atoms with Crippen molar-refractivity contribution < 1.29 is 19.1 Å². The molecule has 1 aromatic heterocycles. The van der Waals surface area contributed by atoms with Gasteiger partial charge in [0.15, 0.2) is 0 Å². The minimum atomic E-state index is -0.836. The highest BCUT2D eigenvalue weighted by atomic mass is 16.5. The third-order valence-electron chi connectivity index (χ3n) is 3.07. The van der Waals surface area contributed by atoms with E-state index in [1.165, 1.54) is 0 Å². The largest absolute Gasteiger partial charge is 0.496 e. The molecule has 0 unspecified atom stereocenters. The Bertz CT molecular complexity index is 580. The molecule has 1 N–H and O–H groups in total. The molecule has 0 saturated heterocycles. The molecule has 0 bridgehead atoms. The molecule has 2 rings (SSSR count). The van der Waals surface area contributed by atoms with Crippen LogP contribution in [-0.2, 0) is 11.2 Å². The molecule has 96 valence electrons. The number of carbonyl (C=O) groups is 1. The minimum absolute atomic E-state index is 0.399. The maximum atomic E-state index is 11.2. The summed E-state index contributed by atoms with van der Waals surface area (Å²) in [5, 5.41) is 10.0. The predicted molar refractivity (Wildman–Crippen MR) is 67.9 cm³/mol. The second-order valence-electron chi connectivity index (χ2n) is 4.96. The second kappa shape index (κ2) is 4.37. The molecule has 0 spiro atoms. The Balaban J connectivity index is 2.49. The van der Waals surface area contributed by atoms with E-state index in [1.54, 1.807) is 27.2 Å². The van der Waals surface area contributed by atoms with Gasteiger partial charge in [0.1, 0.15) is 11.3 Å². The zero-order chi connectivity index (χ0) is 13.3. The van der Waals surface area contributed by atoms with Gasteiger partial charge >= 0.3 is 5.97 Å². The lowest BCUT2D eigenvalue weighted by Crippen LogP contribution is -2.26. The van der Waals surface area contributed by atoms with Crippen molar-refractivity contribution in [3.05, 3.63) is 30.0 Å². The van der Waals surface area contributed by atoms with Gasteiger partial charge in [0.25, 0.3) is 0 Å². The van der Waals surface area contributed by atoms with Crippen molar-refractivity contribution in [2.24, 2.45) is 5.41 Å². The Morgan fingerprint density at radius 3 is 2.78 bits per heavy atom. The first-order valence-electron chi connectivity index (χ1n) is 5.72. The van der Waals surface area contributed by atoms with Gasteiger partial charge in [0, 0.05) is 5.56 Å². The summed E-state index contributed by atoms with van der Waals surface area (Å²) in [6.07, 6.45) is 2.01. The van der Waals surface area contributed by atoms with Crippen molar-refractivity contribution in [3.63, 3.8) is 0 Å². The van der Waals surface area contributed by atoms with Gasteiger partial charge < -0.3 is 14.3 Å². The third kappa shape index (κ3) is 2.06. The molecular formula is C14H16O4. The van der Waals surface area contributed by atoms with Crippen LogP contribution in [0.1, 0.15) is 19.4 Å². The van der Waals surface area contributed by atoms with Gasteiger partial charge in [-0.05, 0) is 32.4 Å². The Morgan fingerprint density at radius 2 is 2.17 bits per heavy atom. The predicted octanol–water partition coefficient (Wildman–Crippen LogP) is 3.09. The molecule has 1 aromatic carbocycles. The van der Waals surface area contributed by atoms with Gasteiger partial charge in [-0.15, -0.1) is 0 Å². The lowest BCUT2D eigenvalue weighted by molar-refractivity contribution is -0.146. The lowest BCUT2D eigenvalue weighted by atomic mass is 9.86. The fourth-order valence-corrected chi connectivity index (χ4v) is 1.97. The normalized spacial score (nSPS) is 11.7. The van der Waals surface area contributed by atoms with E-state index < -0.39 is 11.4 Å². The third-order valence-corrected chi connectivity index (χ3v) is 3.07. The van der Waals surface area contributed by atoms with E-state index in [0.29, 0.717) is 17.8 Å². The van der Waals surface area contributed by atoms with Crippen LogP contribution in [0.3, 0.4) is 0 Å². The number of carboxylic acid groups (broad SMARTS) is 1. The maximum absolute atomic E-state index is 11.2. The van der Waals surface area contributed by atoms with E-state index in [-0.39, 0.29) is 0 Å². The molecule has 0 radical (unpaired) electrons. The van der Waals surface area contributed by atoms with Crippen LogP contribution in [0.25, 0.3) is 11.0 Å². The summed E-state index contributed by atoms with van der Waals surface area (Å²) in [7, 11) is 1.59. The van der Waals surface area contributed by atoms with Crippen molar-refractivity contribution >= 4 is 16.9 Å². The molecule has 4 nitrogen and oxygen atoms in total. The van der Waals surface area contributed by atoms with Crippen LogP contribution in [0.2, 0.25) is 0 Å². The smallest absolute Gasteiger partial charge is 0.309 e. The number of furan rings is 1. The maximum Gasteiger partial charge on any atom is 0.309 e. The summed E-state index contributed by atoms with van der Waals surface area (Å²) in [5.74, 6) is -0.121. The Morgan fingerprint density at radius 1 is 1.44 bits per heavy atom. The SMILES string of the molecule is COc1cccc2occ(CC(C)(C)C(=O)O)c12. The first kappa shape index (κ1) is 12.5. The number of methoxy groups -OCH3 is 1. The van der Waals surface area contributed by atoms with Crippen LogP contribution in [-0.4, -0.2) is 18.2 Å². The van der Waals surface area contributed by atoms with Gasteiger partial charge in [-0.25, -0.2) is 0 Å². The summed E-state index contributed by atoms with van der Waals surface area (Å²) in [5.41, 5.74) is 0.734. The number of benzene rings is 1.